The second-order valence-corrected chi connectivity index (χ2v) is 2.26. The summed E-state index contributed by atoms with van der Waals surface area (Å²) < 4.78 is 0.764. The van der Waals surface area contributed by atoms with Crippen molar-refractivity contribution in [1.29, 1.82) is 0 Å². The normalized spacial score (nSPS) is 13.6. The fourth-order valence-electron chi connectivity index (χ4n) is 0.293. The topological polar surface area (TPSA) is 38.4 Å². The minimum atomic E-state index is 0.669. The molecule has 9 heavy (non-hydrogen) atoms. The lowest BCUT2D eigenvalue weighted by Crippen LogP contribution is -1.94. The predicted octanol–water partition coefficient (Wildman–Crippen LogP) is 1.79. The van der Waals surface area contributed by atoms with E-state index in [2.05, 4.69) is 27.6 Å². The van der Waals surface area contributed by atoms with Gasteiger partial charge in [0, 0.05) is 11.9 Å². The quantitative estimate of drug-likeness (QED) is 0.521. The van der Waals surface area contributed by atoms with Crippen LogP contribution in [0.15, 0.2) is 27.4 Å². The van der Waals surface area contributed by atoms with E-state index in [1.165, 1.54) is 0 Å². The third-order valence-corrected chi connectivity index (χ3v) is 1.45. The van der Waals surface area contributed by atoms with Gasteiger partial charge in [-0.25, -0.2) is 0 Å². The molecule has 50 valence electrons. The third-order valence-electron chi connectivity index (χ3n) is 0.791. The van der Waals surface area contributed by atoms with Gasteiger partial charge >= 0.3 is 0 Å². The molecule has 3 heteroatoms. The Morgan fingerprint density at radius 2 is 2.33 bits per heavy atom. The summed E-state index contributed by atoms with van der Waals surface area (Å²) >= 11 is 3.20. The lowest BCUT2D eigenvalue weighted by atomic mass is 10.4. The number of nitrogens with zero attached hydrogens (tertiary/aromatic N) is 1. The number of hydrogen-bond donors (Lipinski definition) is 1. The van der Waals surface area contributed by atoms with Gasteiger partial charge in [0.2, 0.25) is 0 Å². The van der Waals surface area contributed by atoms with Crippen LogP contribution in [0.2, 0.25) is 0 Å². The van der Waals surface area contributed by atoms with E-state index in [1.807, 2.05) is 6.92 Å². The van der Waals surface area contributed by atoms with E-state index in [9.17, 15) is 0 Å². The number of allylic oxidation sites excluding steroid dienone is 2. The van der Waals surface area contributed by atoms with Crippen molar-refractivity contribution in [2.45, 2.75) is 6.92 Å². The first-order chi connectivity index (χ1) is 4.22. The van der Waals surface area contributed by atoms with E-state index in [0.717, 1.165) is 4.48 Å². The van der Waals surface area contributed by atoms with Gasteiger partial charge in [0.1, 0.15) is 0 Å². The highest BCUT2D eigenvalue weighted by molar-refractivity contribution is 9.11. The van der Waals surface area contributed by atoms with Crippen LogP contribution in [0.25, 0.3) is 0 Å². The summed E-state index contributed by atoms with van der Waals surface area (Å²) in [6.45, 7) is 5.13. The first kappa shape index (κ1) is 8.43. The van der Waals surface area contributed by atoms with Gasteiger partial charge in [0.15, 0.2) is 0 Å². The Morgan fingerprint density at radius 1 is 1.78 bits per heavy atom. The molecule has 0 aliphatic heterocycles. The fourth-order valence-corrected chi connectivity index (χ4v) is 0.666. The van der Waals surface area contributed by atoms with E-state index in [-0.39, 0.29) is 0 Å². The molecule has 0 atom stereocenters. The number of hydrogen-bond acceptors (Lipinski definition) is 2. The Hall–Kier alpha value is -0.570. The zero-order valence-corrected chi connectivity index (χ0v) is 6.85. The van der Waals surface area contributed by atoms with E-state index < -0.39 is 0 Å². The molecule has 0 saturated carbocycles. The molecule has 0 radical (unpaired) electrons. The molecule has 0 aliphatic rings. The van der Waals surface area contributed by atoms with Crippen LogP contribution in [0.4, 0.5) is 0 Å². The summed E-state index contributed by atoms with van der Waals surface area (Å²) in [4.78, 5) is 3.52. The molecule has 0 aliphatic carbocycles. The lowest BCUT2D eigenvalue weighted by Gasteiger charge is -1.93. The Bertz CT molecular complexity index is 158. The number of nitrogens with two attached hydrogens (primary N) is 1. The summed E-state index contributed by atoms with van der Waals surface area (Å²) in [5.41, 5.74) is 6.13. The molecule has 0 rings (SSSR count). The molecule has 0 saturated heterocycles. The fraction of sp³-hybridized carbons (Fsp3) is 0.167. The molecule has 0 spiro atoms. The highest BCUT2D eigenvalue weighted by Gasteiger charge is 1.90. The highest BCUT2D eigenvalue weighted by Crippen LogP contribution is 2.11. The van der Waals surface area contributed by atoms with Crippen molar-refractivity contribution in [1.82, 2.24) is 0 Å². The van der Waals surface area contributed by atoms with Gasteiger partial charge in [-0.2, -0.15) is 0 Å². The van der Waals surface area contributed by atoms with Crippen molar-refractivity contribution in [3.05, 3.63) is 22.5 Å². The summed E-state index contributed by atoms with van der Waals surface area (Å²) in [6.07, 6.45) is 3.33. The SMILES string of the molecule is C=N/C=C(Br)\C(N)=C/C. The molecule has 0 unspecified atom stereocenters. The molecule has 0 amide bonds. The lowest BCUT2D eigenvalue weighted by molar-refractivity contribution is 1.36. The van der Waals surface area contributed by atoms with Crippen LogP contribution in [-0.2, 0) is 0 Å². The monoisotopic (exact) mass is 188 g/mol. The number of halogens is 1. The van der Waals surface area contributed by atoms with Crippen molar-refractivity contribution < 1.29 is 0 Å². The molecule has 0 aromatic carbocycles. The molecule has 0 aromatic rings. The average molecular weight is 189 g/mol. The van der Waals surface area contributed by atoms with Gasteiger partial charge in [0.05, 0.1) is 4.48 Å². The van der Waals surface area contributed by atoms with Crippen LogP contribution in [0.5, 0.6) is 0 Å². The second-order valence-electron chi connectivity index (χ2n) is 1.40. The first-order valence-electron chi connectivity index (χ1n) is 2.46. The van der Waals surface area contributed by atoms with Crippen LogP contribution in [0.1, 0.15) is 6.92 Å². The van der Waals surface area contributed by atoms with E-state index >= 15 is 0 Å². The van der Waals surface area contributed by atoms with E-state index in [4.69, 9.17) is 5.73 Å². The van der Waals surface area contributed by atoms with E-state index in [0.29, 0.717) is 5.70 Å². The standard InChI is InChI=1S/C6H9BrN2/c1-3-6(8)5(7)4-9-2/h3-4H,2,8H2,1H3/b5-4+,6-3+. The van der Waals surface area contributed by atoms with Crippen LogP contribution in [0, 0.1) is 0 Å². The summed E-state index contributed by atoms with van der Waals surface area (Å²) in [5.74, 6) is 0. The van der Waals surface area contributed by atoms with E-state index in [1.54, 1.807) is 12.3 Å². The van der Waals surface area contributed by atoms with Crippen molar-refractivity contribution in [3.8, 4) is 0 Å². The number of rotatable bonds is 2. The smallest absolute Gasteiger partial charge is 0.0583 e. The molecule has 2 nitrogen and oxygen atoms in total. The molecule has 0 heterocycles. The maximum atomic E-state index is 5.46. The third kappa shape index (κ3) is 3.08. The molecule has 0 fully saturated rings. The number of aliphatic imine (C=N–C) groups is 1. The summed E-state index contributed by atoms with van der Waals surface area (Å²) in [6, 6.07) is 0. The highest BCUT2D eigenvalue weighted by atomic mass is 79.9. The van der Waals surface area contributed by atoms with Crippen LogP contribution in [-0.4, -0.2) is 6.72 Å². The van der Waals surface area contributed by atoms with Crippen molar-refractivity contribution >= 4 is 22.6 Å². The second kappa shape index (κ2) is 4.32. The van der Waals surface area contributed by atoms with Crippen molar-refractivity contribution in [2.75, 3.05) is 0 Å². The molecule has 0 bridgehead atoms. The Balaban J connectivity index is 4.19. The molecule has 2 N–H and O–H groups in total. The minimum absolute atomic E-state index is 0.669. The van der Waals surface area contributed by atoms with Gasteiger partial charge in [0.25, 0.3) is 0 Å². The average Bonchev–Trinajstić information content (AvgIpc) is 1.87. The summed E-state index contributed by atoms with van der Waals surface area (Å²) in [5, 5.41) is 0. The van der Waals surface area contributed by atoms with Gasteiger partial charge < -0.3 is 5.73 Å². The first-order valence-corrected chi connectivity index (χ1v) is 3.25. The molecule has 0 aromatic heterocycles. The van der Waals surface area contributed by atoms with Gasteiger partial charge in [-0.05, 0) is 29.6 Å². The Morgan fingerprint density at radius 3 is 2.67 bits per heavy atom. The minimum Gasteiger partial charge on any atom is -0.398 e. The largest absolute Gasteiger partial charge is 0.398 e. The van der Waals surface area contributed by atoms with Crippen molar-refractivity contribution in [3.63, 3.8) is 0 Å². The van der Waals surface area contributed by atoms with Gasteiger partial charge in [-0.1, -0.05) is 6.08 Å². The zero-order valence-electron chi connectivity index (χ0n) is 5.26. The maximum Gasteiger partial charge on any atom is 0.0583 e. The molecular weight excluding hydrogens is 180 g/mol. The summed E-state index contributed by atoms with van der Waals surface area (Å²) in [7, 11) is 0. The van der Waals surface area contributed by atoms with Gasteiger partial charge in [-0.15, -0.1) is 0 Å². The zero-order chi connectivity index (χ0) is 7.28. The van der Waals surface area contributed by atoms with Crippen LogP contribution >= 0.6 is 15.9 Å². The Kier molecular flexibility index (Phi) is 4.05. The van der Waals surface area contributed by atoms with Crippen LogP contribution in [0.3, 0.4) is 0 Å². The van der Waals surface area contributed by atoms with Crippen molar-refractivity contribution in [2.24, 2.45) is 10.7 Å². The maximum absolute atomic E-state index is 5.46. The van der Waals surface area contributed by atoms with Gasteiger partial charge in [-0.3, -0.25) is 4.99 Å². The van der Waals surface area contributed by atoms with Crippen LogP contribution < -0.4 is 5.73 Å². The molecular formula is C6H9BrN2. The Labute approximate surface area is 63.3 Å². The predicted molar refractivity (Wildman–Crippen MR) is 44.5 cm³/mol.